The Morgan fingerprint density at radius 1 is 0.947 bits per heavy atom. The summed E-state index contributed by atoms with van der Waals surface area (Å²) in [6.07, 6.45) is 0. The van der Waals surface area contributed by atoms with Gasteiger partial charge in [-0.2, -0.15) is 0 Å². The topological polar surface area (TPSA) is 55.1 Å². The summed E-state index contributed by atoms with van der Waals surface area (Å²) in [5.74, 6) is -0.101. The Labute approximate surface area is 113 Å². The average Bonchev–Trinajstić information content (AvgIpc) is 2.36. The molecule has 3 nitrogen and oxygen atoms in total. The van der Waals surface area contributed by atoms with E-state index in [4.69, 9.17) is 5.73 Å². The molecule has 0 fully saturated rings. The maximum Gasteiger partial charge on any atom is 0.255 e. The zero-order chi connectivity index (χ0) is 14.0. The number of aryl methyl sites for hydroxylation is 3. The number of amides is 1. The summed E-state index contributed by atoms with van der Waals surface area (Å²) in [5, 5.41) is 2.91. The normalized spacial score (nSPS) is 10.3. The molecule has 0 bridgehead atoms. The third-order valence-electron chi connectivity index (χ3n) is 3.27. The van der Waals surface area contributed by atoms with Gasteiger partial charge in [0, 0.05) is 16.9 Å². The number of anilines is 2. The summed E-state index contributed by atoms with van der Waals surface area (Å²) in [6.45, 7) is 5.95. The van der Waals surface area contributed by atoms with E-state index in [1.54, 1.807) is 6.07 Å². The van der Waals surface area contributed by atoms with Gasteiger partial charge < -0.3 is 11.1 Å². The molecule has 2 aromatic carbocycles. The van der Waals surface area contributed by atoms with Crippen molar-refractivity contribution in [2.24, 2.45) is 0 Å². The number of hydrogen-bond acceptors (Lipinski definition) is 2. The zero-order valence-corrected chi connectivity index (χ0v) is 11.4. The number of nitrogen functional groups attached to an aromatic ring is 1. The van der Waals surface area contributed by atoms with E-state index in [1.807, 2.05) is 51.1 Å². The van der Waals surface area contributed by atoms with Crippen LogP contribution in [0.3, 0.4) is 0 Å². The van der Waals surface area contributed by atoms with Gasteiger partial charge in [-0.25, -0.2) is 0 Å². The summed E-state index contributed by atoms with van der Waals surface area (Å²) in [7, 11) is 0. The summed E-state index contributed by atoms with van der Waals surface area (Å²) < 4.78 is 0. The van der Waals surface area contributed by atoms with Crippen LogP contribution in [0.4, 0.5) is 11.4 Å². The number of hydrogen-bond donors (Lipinski definition) is 2. The van der Waals surface area contributed by atoms with Gasteiger partial charge >= 0.3 is 0 Å². The number of nitrogens with two attached hydrogens (primary N) is 1. The maximum absolute atomic E-state index is 12.2. The summed E-state index contributed by atoms with van der Waals surface area (Å²) in [6, 6.07) is 11.1. The van der Waals surface area contributed by atoms with Crippen LogP contribution in [0, 0.1) is 20.8 Å². The molecule has 98 valence electrons. The number of benzene rings is 2. The second kappa shape index (κ2) is 5.14. The fraction of sp³-hybridized carbons (Fsp3) is 0.188. The van der Waals surface area contributed by atoms with Gasteiger partial charge in [-0.15, -0.1) is 0 Å². The molecule has 3 heteroatoms. The molecule has 0 atom stereocenters. The van der Waals surface area contributed by atoms with Crippen LogP contribution in [-0.2, 0) is 0 Å². The highest BCUT2D eigenvalue weighted by atomic mass is 16.1. The first-order valence-electron chi connectivity index (χ1n) is 6.22. The lowest BCUT2D eigenvalue weighted by molar-refractivity contribution is 0.102. The fourth-order valence-corrected chi connectivity index (χ4v) is 1.90. The minimum Gasteiger partial charge on any atom is -0.399 e. The van der Waals surface area contributed by atoms with Crippen molar-refractivity contribution in [3.8, 4) is 0 Å². The molecular formula is C16H18N2O. The first-order chi connectivity index (χ1) is 8.97. The molecule has 3 N–H and O–H groups in total. The standard InChI is InChI=1S/C16H18N2O/c1-10-4-5-13(8-11(10)2)16(19)18-15-7-6-14(17)9-12(15)3/h4-9H,17H2,1-3H3,(H,18,19). The molecular weight excluding hydrogens is 236 g/mol. The smallest absolute Gasteiger partial charge is 0.255 e. The highest BCUT2D eigenvalue weighted by molar-refractivity contribution is 6.04. The van der Waals surface area contributed by atoms with Crippen molar-refractivity contribution in [2.45, 2.75) is 20.8 Å². The van der Waals surface area contributed by atoms with Crippen LogP contribution in [-0.4, -0.2) is 5.91 Å². The van der Waals surface area contributed by atoms with Crippen molar-refractivity contribution < 1.29 is 4.79 Å². The third-order valence-corrected chi connectivity index (χ3v) is 3.27. The van der Waals surface area contributed by atoms with E-state index in [-0.39, 0.29) is 5.91 Å². The molecule has 2 rings (SSSR count). The van der Waals surface area contributed by atoms with Crippen molar-refractivity contribution in [3.05, 3.63) is 58.7 Å². The lowest BCUT2D eigenvalue weighted by Crippen LogP contribution is -2.13. The zero-order valence-electron chi connectivity index (χ0n) is 11.4. The molecule has 0 aliphatic heterocycles. The molecule has 1 amide bonds. The average molecular weight is 254 g/mol. The highest BCUT2D eigenvalue weighted by Gasteiger charge is 2.08. The van der Waals surface area contributed by atoms with Gasteiger partial charge in [-0.1, -0.05) is 6.07 Å². The molecule has 0 aromatic heterocycles. The number of nitrogens with one attached hydrogen (secondary N) is 1. The van der Waals surface area contributed by atoms with Crippen LogP contribution >= 0.6 is 0 Å². The van der Waals surface area contributed by atoms with Crippen LogP contribution in [0.15, 0.2) is 36.4 Å². The van der Waals surface area contributed by atoms with Crippen LogP contribution in [0.2, 0.25) is 0 Å². The molecule has 0 unspecified atom stereocenters. The molecule has 0 heterocycles. The predicted octanol–water partition coefficient (Wildman–Crippen LogP) is 3.45. The Kier molecular flexibility index (Phi) is 3.56. The van der Waals surface area contributed by atoms with Crippen molar-refractivity contribution in [3.63, 3.8) is 0 Å². The lowest BCUT2D eigenvalue weighted by Gasteiger charge is -2.10. The monoisotopic (exact) mass is 254 g/mol. The molecule has 0 aliphatic carbocycles. The Hall–Kier alpha value is -2.29. The summed E-state index contributed by atoms with van der Waals surface area (Å²) in [4.78, 5) is 12.2. The van der Waals surface area contributed by atoms with Crippen molar-refractivity contribution in [1.29, 1.82) is 0 Å². The van der Waals surface area contributed by atoms with E-state index in [0.29, 0.717) is 11.3 Å². The van der Waals surface area contributed by atoms with Crippen molar-refractivity contribution in [1.82, 2.24) is 0 Å². The van der Waals surface area contributed by atoms with E-state index in [9.17, 15) is 4.79 Å². The van der Waals surface area contributed by atoms with E-state index >= 15 is 0 Å². The Morgan fingerprint density at radius 2 is 1.68 bits per heavy atom. The maximum atomic E-state index is 12.2. The van der Waals surface area contributed by atoms with Gasteiger partial charge in [0.2, 0.25) is 0 Å². The molecule has 0 aliphatic rings. The fourth-order valence-electron chi connectivity index (χ4n) is 1.90. The Bertz CT molecular complexity index is 633. The van der Waals surface area contributed by atoms with E-state index in [0.717, 1.165) is 16.8 Å². The quantitative estimate of drug-likeness (QED) is 0.806. The first kappa shape index (κ1) is 13.1. The van der Waals surface area contributed by atoms with Crippen molar-refractivity contribution in [2.75, 3.05) is 11.1 Å². The largest absolute Gasteiger partial charge is 0.399 e. The molecule has 0 radical (unpaired) electrons. The van der Waals surface area contributed by atoms with Crippen LogP contribution < -0.4 is 11.1 Å². The van der Waals surface area contributed by atoms with Gasteiger partial charge in [-0.05, 0) is 67.8 Å². The lowest BCUT2D eigenvalue weighted by atomic mass is 10.1. The second-order valence-electron chi connectivity index (χ2n) is 4.83. The van der Waals surface area contributed by atoms with E-state index in [1.165, 1.54) is 5.56 Å². The van der Waals surface area contributed by atoms with Crippen LogP contribution in [0.1, 0.15) is 27.0 Å². The van der Waals surface area contributed by atoms with Gasteiger partial charge in [0.1, 0.15) is 0 Å². The van der Waals surface area contributed by atoms with Gasteiger partial charge in [0.05, 0.1) is 0 Å². The van der Waals surface area contributed by atoms with Crippen molar-refractivity contribution >= 4 is 17.3 Å². The summed E-state index contributed by atoms with van der Waals surface area (Å²) >= 11 is 0. The van der Waals surface area contributed by atoms with Gasteiger partial charge in [0.15, 0.2) is 0 Å². The minimum atomic E-state index is -0.101. The Morgan fingerprint density at radius 3 is 2.32 bits per heavy atom. The van der Waals surface area contributed by atoms with Crippen LogP contribution in [0.5, 0.6) is 0 Å². The van der Waals surface area contributed by atoms with Gasteiger partial charge in [0.25, 0.3) is 5.91 Å². The van der Waals surface area contributed by atoms with E-state index in [2.05, 4.69) is 5.32 Å². The number of carbonyl (C=O) groups excluding carboxylic acids is 1. The Balaban J connectivity index is 2.23. The molecule has 2 aromatic rings. The molecule has 19 heavy (non-hydrogen) atoms. The molecule has 0 spiro atoms. The third kappa shape index (κ3) is 2.94. The van der Waals surface area contributed by atoms with E-state index < -0.39 is 0 Å². The highest BCUT2D eigenvalue weighted by Crippen LogP contribution is 2.19. The van der Waals surface area contributed by atoms with Crippen LogP contribution in [0.25, 0.3) is 0 Å². The predicted molar refractivity (Wildman–Crippen MR) is 79.5 cm³/mol. The SMILES string of the molecule is Cc1ccc(C(=O)Nc2ccc(N)cc2C)cc1C. The molecule has 0 saturated heterocycles. The second-order valence-corrected chi connectivity index (χ2v) is 4.83. The van der Waals surface area contributed by atoms with Gasteiger partial charge in [-0.3, -0.25) is 4.79 Å². The minimum absolute atomic E-state index is 0.101. The number of carbonyl (C=O) groups is 1. The first-order valence-corrected chi connectivity index (χ1v) is 6.22. The summed E-state index contributed by atoms with van der Waals surface area (Å²) in [5.41, 5.74) is 11.1. The molecule has 0 saturated carbocycles. The number of rotatable bonds is 2.